The maximum absolute atomic E-state index is 5.83. The topological polar surface area (TPSA) is 16.1 Å². The van der Waals surface area contributed by atoms with Crippen LogP contribution in [0.3, 0.4) is 0 Å². The number of piperidine rings is 1. The van der Waals surface area contributed by atoms with Crippen LogP contribution >= 0.6 is 11.6 Å². The molecular formula is C13H19ClN2. The molecule has 1 fully saturated rings. The van der Waals surface area contributed by atoms with Crippen LogP contribution in [0, 0.1) is 11.8 Å². The lowest BCUT2D eigenvalue weighted by Crippen LogP contribution is -2.35. The summed E-state index contributed by atoms with van der Waals surface area (Å²) in [6, 6.07) is 3.93. The van der Waals surface area contributed by atoms with Gasteiger partial charge in [-0.3, -0.25) is 0 Å². The maximum atomic E-state index is 5.83. The van der Waals surface area contributed by atoms with E-state index >= 15 is 0 Å². The van der Waals surface area contributed by atoms with Gasteiger partial charge in [-0.25, -0.2) is 4.98 Å². The molecule has 16 heavy (non-hydrogen) atoms. The van der Waals surface area contributed by atoms with Crippen molar-refractivity contribution in [2.45, 2.75) is 26.7 Å². The molecule has 1 aromatic heterocycles. The van der Waals surface area contributed by atoms with Crippen molar-refractivity contribution in [3.63, 3.8) is 0 Å². The summed E-state index contributed by atoms with van der Waals surface area (Å²) in [6.07, 6.45) is 4.29. The number of anilines is 1. The molecule has 1 saturated heterocycles. The zero-order valence-corrected chi connectivity index (χ0v) is 10.7. The molecule has 0 amide bonds. The predicted octanol–water partition coefficient (Wildman–Crippen LogP) is 3.61. The Hall–Kier alpha value is -0.760. The molecule has 0 saturated carbocycles. The molecule has 88 valence electrons. The van der Waals surface area contributed by atoms with Crippen LogP contribution < -0.4 is 4.90 Å². The van der Waals surface area contributed by atoms with Gasteiger partial charge in [-0.1, -0.05) is 25.4 Å². The van der Waals surface area contributed by atoms with E-state index in [-0.39, 0.29) is 0 Å². The van der Waals surface area contributed by atoms with Crippen LogP contribution in [-0.2, 0) is 0 Å². The molecule has 1 aliphatic rings. The van der Waals surface area contributed by atoms with Gasteiger partial charge in [-0.2, -0.15) is 0 Å². The molecule has 0 aliphatic carbocycles. The molecule has 2 nitrogen and oxygen atoms in total. The fourth-order valence-corrected chi connectivity index (χ4v) is 2.46. The van der Waals surface area contributed by atoms with Crippen molar-refractivity contribution in [1.82, 2.24) is 4.98 Å². The molecule has 1 aromatic rings. The summed E-state index contributed by atoms with van der Waals surface area (Å²) in [4.78, 5) is 6.72. The number of rotatable bonds is 2. The normalized spacial score (nSPS) is 18.1. The van der Waals surface area contributed by atoms with Gasteiger partial charge < -0.3 is 4.90 Å². The average Bonchev–Trinajstić information content (AvgIpc) is 2.30. The smallest absolute Gasteiger partial charge is 0.128 e. The summed E-state index contributed by atoms with van der Waals surface area (Å²) < 4.78 is 0. The minimum Gasteiger partial charge on any atom is -0.357 e. The lowest BCUT2D eigenvalue weighted by Gasteiger charge is -2.34. The quantitative estimate of drug-likeness (QED) is 0.783. The van der Waals surface area contributed by atoms with Crippen LogP contribution in [0.1, 0.15) is 26.7 Å². The Balaban J connectivity index is 1.96. The molecule has 1 aliphatic heterocycles. The summed E-state index contributed by atoms with van der Waals surface area (Å²) in [5, 5.41) is 0.709. The number of pyridine rings is 1. The molecule has 0 unspecified atom stereocenters. The number of nitrogens with zero attached hydrogens (tertiary/aromatic N) is 2. The second kappa shape index (κ2) is 5.05. The van der Waals surface area contributed by atoms with Crippen LogP contribution in [0.4, 0.5) is 5.82 Å². The van der Waals surface area contributed by atoms with Crippen molar-refractivity contribution in [2.75, 3.05) is 18.0 Å². The molecule has 3 heteroatoms. The van der Waals surface area contributed by atoms with E-state index in [0.717, 1.165) is 30.7 Å². The highest BCUT2D eigenvalue weighted by Crippen LogP contribution is 2.27. The summed E-state index contributed by atoms with van der Waals surface area (Å²) >= 11 is 5.83. The average molecular weight is 239 g/mol. The minimum absolute atomic E-state index is 0.709. The van der Waals surface area contributed by atoms with Gasteiger partial charge in [0, 0.05) is 19.3 Å². The van der Waals surface area contributed by atoms with Gasteiger partial charge in [0.2, 0.25) is 0 Å². The third-order valence-electron chi connectivity index (χ3n) is 3.52. The Morgan fingerprint density at radius 3 is 2.50 bits per heavy atom. The van der Waals surface area contributed by atoms with Crippen LogP contribution in [0.2, 0.25) is 5.02 Å². The van der Waals surface area contributed by atoms with E-state index < -0.39 is 0 Å². The van der Waals surface area contributed by atoms with Crippen molar-refractivity contribution in [3.8, 4) is 0 Å². The predicted molar refractivity (Wildman–Crippen MR) is 69.0 cm³/mol. The molecule has 0 radical (unpaired) electrons. The Kier molecular flexibility index (Phi) is 3.70. The third-order valence-corrected chi connectivity index (χ3v) is 3.74. The van der Waals surface area contributed by atoms with Crippen molar-refractivity contribution in [1.29, 1.82) is 0 Å². The zero-order valence-electron chi connectivity index (χ0n) is 9.99. The summed E-state index contributed by atoms with van der Waals surface area (Å²) in [5.41, 5.74) is 0. The van der Waals surface area contributed by atoms with Gasteiger partial charge in [0.05, 0.1) is 5.02 Å². The van der Waals surface area contributed by atoms with Crippen molar-refractivity contribution < 1.29 is 0 Å². The maximum Gasteiger partial charge on any atom is 0.128 e. The van der Waals surface area contributed by atoms with Gasteiger partial charge in [-0.15, -0.1) is 0 Å². The highest BCUT2D eigenvalue weighted by Gasteiger charge is 2.21. The first-order valence-electron chi connectivity index (χ1n) is 6.03. The van der Waals surface area contributed by atoms with Crippen LogP contribution in [0.15, 0.2) is 18.3 Å². The van der Waals surface area contributed by atoms with Crippen LogP contribution in [-0.4, -0.2) is 18.1 Å². The van der Waals surface area contributed by atoms with E-state index in [0.29, 0.717) is 5.02 Å². The van der Waals surface area contributed by atoms with Crippen LogP contribution in [0.5, 0.6) is 0 Å². The molecule has 0 bridgehead atoms. The Bertz CT molecular complexity index is 326. The third kappa shape index (κ3) is 2.67. The first-order valence-corrected chi connectivity index (χ1v) is 6.41. The molecule has 0 N–H and O–H groups in total. The number of aromatic nitrogens is 1. The molecule has 0 aromatic carbocycles. The second-order valence-corrected chi connectivity index (χ2v) is 5.34. The van der Waals surface area contributed by atoms with Gasteiger partial charge in [0.15, 0.2) is 0 Å². The van der Waals surface area contributed by atoms with Crippen molar-refractivity contribution in [2.24, 2.45) is 11.8 Å². The molecule has 0 atom stereocenters. The SMILES string of the molecule is CC(C)C1CCN(c2ccc(Cl)cn2)CC1. The first-order chi connectivity index (χ1) is 7.66. The fourth-order valence-electron chi connectivity index (χ4n) is 2.35. The minimum atomic E-state index is 0.709. The lowest BCUT2D eigenvalue weighted by molar-refractivity contribution is 0.310. The van der Waals surface area contributed by atoms with E-state index in [1.54, 1.807) is 6.20 Å². The highest BCUT2D eigenvalue weighted by molar-refractivity contribution is 6.30. The number of halogens is 1. The fraction of sp³-hybridized carbons (Fsp3) is 0.615. The highest BCUT2D eigenvalue weighted by atomic mass is 35.5. The van der Waals surface area contributed by atoms with Crippen LogP contribution in [0.25, 0.3) is 0 Å². The molecule has 2 heterocycles. The second-order valence-electron chi connectivity index (χ2n) is 4.90. The molecule has 2 rings (SSSR count). The van der Waals surface area contributed by atoms with Gasteiger partial charge in [0.25, 0.3) is 0 Å². The largest absolute Gasteiger partial charge is 0.357 e. The van der Waals surface area contributed by atoms with E-state index in [1.165, 1.54) is 12.8 Å². The van der Waals surface area contributed by atoms with Crippen molar-refractivity contribution in [3.05, 3.63) is 23.4 Å². The lowest BCUT2D eigenvalue weighted by atomic mass is 9.87. The van der Waals surface area contributed by atoms with Gasteiger partial charge in [0.1, 0.15) is 5.82 Å². The Morgan fingerprint density at radius 1 is 1.31 bits per heavy atom. The van der Waals surface area contributed by atoms with E-state index in [1.807, 2.05) is 12.1 Å². The van der Waals surface area contributed by atoms with E-state index in [9.17, 15) is 0 Å². The summed E-state index contributed by atoms with van der Waals surface area (Å²) in [7, 11) is 0. The number of hydrogen-bond acceptors (Lipinski definition) is 2. The summed E-state index contributed by atoms with van der Waals surface area (Å²) in [5.74, 6) is 2.75. The first kappa shape index (κ1) is 11.7. The van der Waals surface area contributed by atoms with Gasteiger partial charge >= 0.3 is 0 Å². The standard InChI is InChI=1S/C13H19ClN2/c1-10(2)11-5-7-16(8-6-11)13-4-3-12(14)9-15-13/h3-4,9-11H,5-8H2,1-2H3. The summed E-state index contributed by atoms with van der Waals surface area (Å²) in [6.45, 7) is 6.89. The zero-order chi connectivity index (χ0) is 11.5. The Morgan fingerprint density at radius 2 is 2.00 bits per heavy atom. The Labute approximate surface area is 103 Å². The molecule has 0 spiro atoms. The van der Waals surface area contributed by atoms with Gasteiger partial charge in [-0.05, 0) is 36.8 Å². The number of hydrogen-bond donors (Lipinski definition) is 0. The van der Waals surface area contributed by atoms with E-state index in [2.05, 4.69) is 23.7 Å². The van der Waals surface area contributed by atoms with E-state index in [4.69, 9.17) is 11.6 Å². The monoisotopic (exact) mass is 238 g/mol. The molecular weight excluding hydrogens is 220 g/mol. The van der Waals surface area contributed by atoms with Crippen molar-refractivity contribution >= 4 is 17.4 Å².